The van der Waals surface area contributed by atoms with E-state index < -0.39 is 12.2 Å². The van der Waals surface area contributed by atoms with E-state index in [4.69, 9.17) is 19.9 Å². The average Bonchev–Trinajstić information content (AvgIpc) is 3.67. The molecule has 0 bridgehead atoms. The molecule has 4 saturated heterocycles. The van der Waals surface area contributed by atoms with Gasteiger partial charge in [0.15, 0.2) is 0 Å². The van der Waals surface area contributed by atoms with E-state index in [2.05, 4.69) is 103 Å². The van der Waals surface area contributed by atoms with E-state index in [-0.39, 0.29) is 41.3 Å². The molecule has 4 N–H and O–H groups in total. The van der Waals surface area contributed by atoms with Gasteiger partial charge in [0.25, 0.3) is 0 Å². The van der Waals surface area contributed by atoms with Gasteiger partial charge in [-0.15, -0.1) is 0 Å². The summed E-state index contributed by atoms with van der Waals surface area (Å²) < 4.78 is 0. The molecule has 6 aliphatic heterocycles. The first kappa shape index (κ1) is 45.0. The molecule has 2 aromatic heterocycles. The van der Waals surface area contributed by atoms with Crippen molar-refractivity contribution in [2.75, 3.05) is 100.0 Å². The van der Waals surface area contributed by atoms with E-state index in [0.717, 1.165) is 104 Å². The molecule has 0 saturated carbocycles. The maximum absolute atomic E-state index is 15.1. The van der Waals surface area contributed by atoms with Crippen molar-refractivity contribution in [3.05, 3.63) is 94.3 Å². The first-order chi connectivity index (χ1) is 32.2. The van der Waals surface area contributed by atoms with E-state index in [9.17, 15) is 10.2 Å². The molecule has 66 heavy (non-hydrogen) atoms. The number of aliphatic hydroxyl groups is 2. The van der Waals surface area contributed by atoms with Gasteiger partial charge in [0, 0.05) is 88.7 Å². The number of aromatic nitrogens is 4. The minimum atomic E-state index is -0.483. The normalized spacial score (nSPS) is 25.7. The summed E-state index contributed by atoms with van der Waals surface area (Å²) in [4.78, 5) is 49.3. The quantitative estimate of drug-likeness (QED) is 0.168. The largest absolute Gasteiger partial charge is 0.391 e. The number of likely N-dealkylation sites (tertiary alicyclic amines) is 2. The van der Waals surface area contributed by atoms with Crippen molar-refractivity contribution in [1.82, 2.24) is 39.5 Å². The number of hydrogen-bond donors (Lipinski definition) is 4. The molecule has 0 aliphatic carbocycles. The van der Waals surface area contributed by atoms with Gasteiger partial charge in [-0.3, -0.25) is 14.6 Å². The van der Waals surface area contributed by atoms with Crippen LogP contribution in [0, 0.1) is 0 Å². The third kappa shape index (κ3) is 10.4. The van der Waals surface area contributed by atoms with E-state index in [0.29, 0.717) is 62.6 Å². The number of carbonyl (C=O) groups is 1. The summed E-state index contributed by atoms with van der Waals surface area (Å²) in [5, 5.41) is 30.6. The minimum absolute atomic E-state index is 0.0202. The molecule has 4 aromatic rings. The Morgan fingerprint density at radius 2 is 0.909 bits per heavy atom. The lowest BCUT2D eigenvalue weighted by Gasteiger charge is -2.37. The number of nitrogens with one attached hydrogen (secondary N) is 2. The number of rotatable bonds is 10. The van der Waals surface area contributed by atoms with Gasteiger partial charge in [-0.1, -0.05) is 48.5 Å². The van der Waals surface area contributed by atoms with Crippen molar-refractivity contribution < 1.29 is 15.0 Å². The van der Waals surface area contributed by atoms with Gasteiger partial charge >= 0.3 is 0 Å². The Morgan fingerprint density at radius 3 is 1.33 bits per heavy atom. The first-order valence-corrected chi connectivity index (χ1v) is 24.9. The van der Waals surface area contributed by atoms with Crippen molar-refractivity contribution >= 4 is 29.3 Å². The second-order valence-corrected chi connectivity index (χ2v) is 20.0. The number of nitrogens with zero attached hydrogens (tertiary/aromatic N) is 10. The van der Waals surface area contributed by atoms with Crippen molar-refractivity contribution in [3.8, 4) is 0 Å². The van der Waals surface area contributed by atoms with Crippen LogP contribution in [0.3, 0.4) is 0 Å². The fourth-order valence-electron chi connectivity index (χ4n) is 11.4. The van der Waals surface area contributed by atoms with Gasteiger partial charge in [0.2, 0.25) is 17.7 Å². The van der Waals surface area contributed by atoms with Crippen LogP contribution < -0.4 is 20.4 Å². The third-order valence-electron chi connectivity index (χ3n) is 15.5. The zero-order valence-corrected chi connectivity index (χ0v) is 39.1. The Hall–Kier alpha value is -4.77. The molecule has 0 radical (unpaired) electrons. The van der Waals surface area contributed by atoms with Crippen LogP contribution in [0.4, 0.5) is 23.5 Å². The molecule has 4 atom stereocenters. The minimum Gasteiger partial charge on any atom is -0.391 e. The number of fused-ring (bicyclic) bond motifs is 2. The van der Waals surface area contributed by atoms with Crippen molar-refractivity contribution in [1.29, 1.82) is 0 Å². The van der Waals surface area contributed by atoms with Crippen molar-refractivity contribution in [2.45, 2.75) is 114 Å². The molecule has 10 rings (SSSR count). The predicted octanol–water partition coefficient (Wildman–Crippen LogP) is 4.29. The lowest BCUT2D eigenvalue weighted by molar-refractivity contribution is 0.0393. The molecule has 0 spiro atoms. The fourth-order valence-corrected chi connectivity index (χ4v) is 11.4. The molecule has 4 fully saturated rings. The van der Waals surface area contributed by atoms with E-state index >= 15 is 4.79 Å². The summed E-state index contributed by atoms with van der Waals surface area (Å²) in [5.41, 5.74) is 6.06. The Labute approximate surface area is 390 Å². The number of carbonyl (C=O) groups excluding carboxylic acids is 1. The molecule has 352 valence electrons. The molecule has 6 aliphatic rings. The molecular weight excluding hydrogens is 829 g/mol. The number of hydrogen-bond acceptors (Lipinski definition) is 15. The topological polar surface area (TPSA) is 153 Å². The Balaban J connectivity index is 0.927. The zero-order valence-electron chi connectivity index (χ0n) is 39.1. The number of aliphatic hydroxyl groups excluding tert-OH is 2. The van der Waals surface area contributed by atoms with Crippen LogP contribution in [0.1, 0.15) is 89.8 Å². The van der Waals surface area contributed by atoms with Crippen LogP contribution in [0.5, 0.6) is 0 Å². The standard InChI is InChI=1S/C51H70N12O3/c1-58-21-13-39(14-22-58)52-47-31-41(54-50(56-47)60-27-17-43(45(64)19-29-60)62-25-11-35-7-3-5-9-37(35)33-62)49(66)42-32-48(53-40-15-23-59(2)24-16-40)57-51(55-42)61-28-18-44(46(65)20-30-61)63-26-12-36-8-4-6-10-38(36)34-63/h3-10,31-32,39-40,43-46,64-65H,11-30,33-34H2,1-2H3,(H,52,54,56)(H,53,55,57)/t43-,44-,45-,46-/m1/s1. The summed E-state index contributed by atoms with van der Waals surface area (Å²) in [6.07, 6.45) is 7.61. The lowest BCUT2D eigenvalue weighted by atomic mass is 9.96. The van der Waals surface area contributed by atoms with E-state index in [1.165, 1.54) is 22.3 Å². The number of benzene rings is 2. The Kier molecular flexibility index (Phi) is 13.8. The molecule has 15 heteroatoms. The highest BCUT2D eigenvalue weighted by atomic mass is 16.3. The SMILES string of the molecule is CN1CCC(Nc2cc(C(=O)c3cc(NC4CCN(C)CC4)nc(N4CC[C@@H](O)[C@H](N5CCc6ccccc6C5)CC4)n3)nc(N3CC[C@@H](O)[C@H](N4CCc5ccccc5C4)CC3)n2)CC1. The first-order valence-electron chi connectivity index (χ1n) is 24.9. The lowest BCUT2D eigenvalue weighted by Crippen LogP contribution is -2.46. The monoisotopic (exact) mass is 899 g/mol. The molecular formula is C51H70N12O3. The van der Waals surface area contributed by atoms with Gasteiger partial charge in [0.1, 0.15) is 23.0 Å². The van der Waals surface area contributed by atoms with Gasteiger partial charge < -0.3 is 40.4 Å². The number of ketones is 1. The van der Waals surface area contributed by atoms with Gasteiger partial charge in [-0.25, -0.2) is 9.97 Å². The summed E-state index contributed by atoms with van der Waals surface area (Å²) in [7, 11) is 4.32. The molecule has 0 amide bonds. The second-order valence-electron chi connectivity index (χ2n) is 20.0. The highest BCUT2D eigenvalue weighted by Crippen LogP contribution is 2.31. The summed E-state index contributed by atoms with van der Waals surface area (Å²) in [5.74, 6) is 2.00. The highest BCUT2D eigenvalue weighted by Gasteiger charge is 2.35. The van der Waals surface area contributed by atoms with Crippen LogP contribution in [-0.4, -0.2) is 171 Å². The van der Waals surface area contributed by atoms with Crippen LogP contribution in [0.2, 0.25) is 0 Å². The van der Waals surface area contributed by atoms with E-state index in [1.807, 2.05) is 0 Å². The Morgan fingerprint density at radius 1 is 0.515 bits per heavy atom. The molecule has 2 aromatic carbocycles. The smallest absolute Gasteiger partial charge is 0.230 e. The van der Waals surface area contributed by atoms with Crippen LogP contribution in [0.25, 0.3) is 0 Å². The van der Waals surface area contributed by atoms with Gasteiger partial charge in [0.05, 0.1) is 12.2 Å². The van der Waals surface area contributed by atoms with Crippen LogP contribution in [-0.2, 0) is 25.9 Å². The molecule has 8 heterocycles. The maximum atomic E-state index is 15.1. The Bertz CT molecular complexity index is 2140. The van der Waals surface area contributed by atoms with Gasteiger partial charge in [-0.05, 0) is 127 Å². The summed E-state index contributed by atoms with van der Waals surface area (Å²) in [6.45, 7) is 9.98. The fraction of sp³-hybridized carbons (Fsp3) is 0.588. The highest BCUT2D eigenvalue weighted by molar-refractivity contribution is 6.07. The molecule has 15 nitrogen and oxygen atoms in total. The van der Waals surface area contributed by atoms with Gasteiger partial charge in [-0.2, -0.15) is 9.97 Å². The second kappa shape index (κ2) is 20.2. The third-order valence-corrected chi connectivity index (χ3v) is 15.5. The molecule has 0 unspecified atom stereocenters. The van der Waals surface area contributed by atoms with E-state index in [1.54, 1.807) is 12.1 Å². The number of piperidine rings is 2. The summed E-state index contributed by atoms with van der Waals surface area (Å²) in [6, 6.07) is 21.4. The predicted molar refractivity (Wildman–Crippen MR) is 259 cm³/mol. The average molecular weight is 899 g/mol. The number of anilines is 4. The van der Waals surface area contributed by atoms with Crippen molar-refractivity contribution in [3.63, 3.8) is 0 Å². The van der Waals surface area contributed by atoms with Crippen LogP contribution in [0.15, 0.2) is 60.7 Å². The maximum Gasteiger partial charge on any atom is 0.230 e. The summed E-state index contributed by atoms with van der Waals surface area (Å²) >= 11 is 0. The van der Waals surface area contributed by atoms with Crippen molar-refractivity contribution in [2.24, 2.45) is 0 Å². The van der Waals surface area contributed by atoms with Crippen LogP contribution >= 0.6 is 0 Å². The zero-order chi connectivity index (χ0) is 45.1.